The number of hydrogen-bond acceptors (Lipinski definition) is 4. The van der Waals surface area contributed by atoms with Gasteiger partial charge in [-0.2, -0.15) is 5.10 Å². The van der Waals surface area contributed by atoms with Gasteiger partial charge in [0, 0.05) is 16.0 Å². The number of fused-ring (bicyclic) bond motifs is 3. The zero-order valence-corrected chi connectivity index (χ0v) is 17.0. The first-order chi connectivity index (χ1) is 13.8. The number of amides is 2. The van der Waals surface area contributed by atoms with E-state index in [-0.39, 0.29) is 16.8 Å². The fourth-order valence-electron chi connectivity index (χ4n) is 4.71. The van der Waals surface area contributed by atoms with Crippen LogP contribution in [0.4, 0.5) is 14.9 Å². The van der Waals surface area contributed by atoms with E-state index in [0.717, 1.165) is 36.8 Å². The van der Waals surface area contributed by atoms with E-state index in [9.17, 15) is 13.4 Å². The Morgan fingerprint density at radius 3 is 2.52 bits per heavy atom. The molecule has 1 aliphatic heterocycles. The number of rotatable bonds is 3. The quantitative estimate of drug-likeness (QED) is 0.566. The number of benzene rings is 1. The maximum absolute atomic E-state index is 14.8. The molecule has 0 fully saturated rings. The van der Waals surface area contributed by atoms with Crippen molar-refractivity contribution in [3.05, 3.63) is 34.3 Å². The van der Waals surface area contributed by atoms with Crippen LogP contribution in [0, 0.1) is 5.82 Å². The van der Waals surface area contributed by atoms with Crippen LogP contribution in [0.25, 0.3) is 0 Å². The number of halogens is 1. The molecule has 3 aliphatic rings. The second kappa shape index (κ2) is 6.53. The number of anilines is 1. The molecule has 156 valence electrons. The molecule has 10 heteroatoms. The van der Waals surface area contributed by atoms with Crippen LogP contribution in [0.5, 0.6) is 5.88 Å². The number of nitrogens with one attached hydrogen (secondary N) is 2. The number of hydrogen-bond donors (Lipinski definition) is 4. The number of urea groups is 1. The number of nitrogens with zero attached hydrogens (tertiary/aromatic N) is 2. The predicted molar refractivity (Wildman–Crippen MR) is 107 cm³/mol. The molecule has 2 amide bonds. The SMILES string of the molecule is C[C@@H]1Cn2ncc([SH](N)(=O)NC(=O)Nc3c4c(c(F)c5c3CCC5)CCC4)c2O1. The summed E-state index contributed by atoms with van der Waals surface area (Å²) in [6, 6.07) is -0.670. The Morgan fingerprint density at radius 2 is 1.86 bits per heavy atom. The highest BCUT2D eigenvalue weighted by Crippen LogP contribution is 2.41. The molecule has 2 aromatic rings. The minimum atomic E-state index is -3.75. The van der Waals surface area contributed by atoms with Crippen molar-refractivity contribution in [3.63, 3.8) is 0 Å². The third kappa shape index (κ3) is 2.93. The van der Waals surface area contributed by atoms with Gasteiger partial charge in [-0.15, -0.1) is 0 Å². The van der Waals surface area contributed by atoms with Gasteiger partial charge in [-0.25, -0.2) is 18.1 Å². The molecule has 1 aromatic heterocycles. The van der Waals surface area contributed by atoms with Crippen LogP contribution in [-0.4, -0.2) is 26.1 Å². The van der Waals surface area contributed by atoms with Crippen LogP contribution in [0.2, 0.25) is 0 Å². The van der Waals surface area contributed by atoms with Gasteiger partial charge >= 0.3 is 6.03 Å². The summed E-state index contributed by atoms with van der Waals surface area (Å²) in [5, 5.41) is 13.0. The largest absolute Gasteiger partial charge is 0.472 e. The van der Waals surface area contributed by atoms with Crippen LogP contribution in [0.3, 0.4) is 0 Å². The van der Waals surface area contributed by atoms with Crippen LogP contribution in [-0.2, 0) is 42.5 Å². The number of ether oxygens (including phenoxy) is 1. The van der Waals surface area contributed by atoms with Gasteiger partial charge in [0.1, 0.15) is 16.8 Å². The minimum Gasteiger partial charge on any atom is -0.472 e. The van der Waals surface area contributed by atoms with Crippen molar-refractivity contribution in [1.82, 2.24) is 14.5 Å². The molecule has 0 saturated heterocycles. The molecule has 0 bridgehead atoms. The van der Waals surface area contributed by atoms with E-state index in [1.54, 1.807) is 4.68 Å². The Hall–Kier alpha value is -2.46. The van der Waals surface area contributed by atoms with Crippen molar-refractivity contribution in [2.75, 3.05) is 5.32 Å². The van der Waals surface area contributed by atoms with E-state index in [1.165, 1.54) is 6.20 Å². The molecule has 0 unspecified atom stereocenters. The second-order valence-corrected chi connectivity index (χ2v) is 10.0. The minimum absolute atomic E-state index is 0.101. The van der Waals surface area contributed by atoms with Crippen molar-refractivity contribution < 1.29 is 18.1 Å². The second-order valence-electron chi connectivity index (χ2n) is 7.98. The van der Waals surface area contributed by atoms with Crippen molar-refractivity contribution in [3.8, 4) is 5.88 Å². The van der Waals surface area contributed by atoms with Crippen LogP contribution < -0.4 is 19.9 Å². The average molecular weight is 421 g/mol. The third-order valence-corrected chi connectivity index (χ3v) is 7.51. The average Bonchev–Trinajstić information content (AvgIpc) is 3.40. The molecule has 0 radical (unpaired) electrons. The van der Waals surface area contributed by atoms with Gasteiger partial charge in [0.05, 0.1) is 12.7 Å². The molecular weight excluding hydrogens is 397 g/mol. The molecular formula is C19H24FN5O3S. The number of carbonyl (C=O) groups excluding carboxylic acids is 1. The molecule has 29 heavy (non-hydrogen) atoms. The highest BCUT2D eigenvalue weighted by Gasteiger charge is 2.32. The first kappa shape index (κ1) is 18.6. The van der Waals surface area contributed by atoms with E-state index < -0.39 is 16.3 Å². The van der Waals surface area contributed by atoms with E-state index in [4.69, 9.17) is 9.88 Å². The summed E-state index contributed by atoms with van der Waals surface area (Å²) >= 11 is 0. The van der Waals surface area contributed by atoms with Gasteiger partial charge in [-0.05, 0) is 67.7 Å². The molecule has 0 saturated carbocycles. The first-order valence-corrected chi connectivity index (χ1v) is 11.7. The number of thiol groups is 1. The zero-order chi connectivity index (χ0) is 20.3. The Bertz CT molecular complexity index is 1050. The summed E-state index contributed by atoms with van der Waals surface area (Å²) in [4.78, 5) is 12.9. The highest BCUT2D eigenvalue weighted by molar-refractivity contribution is 7.99. The molecule has 0 spiro atoms. The predicted octanol–water partition coefficient (Wildman–Crippen LogP) is 1.77. The lowest BCUT2D eigenvalue weighted by molar-refractivity contribution is 0.248. The molecule has 4 N–H and O–H groups in total. The smallest absolute Gasteiger partial charge is 0.330 e. The van der Waals surface area contributed by atoms with Gasteiger partial charge in [0.15, 0.2) is 0 Å². The van der Waals surface area contributed by atoms with Crippen LogP contribution in [0.15, 0.2) is 11.1 Å². The monoisotopic (exact) mass is 421 g/mol. The normalized spacial score (nSPS) is 20.0. The van der Waals surface area contributed by atoms with E-state index in [1.807, 2.05) is 6.92 Å². The Kier molecular flexibility index (Phi) is 4.18. The molecule has 1 aromatic carbocycles. The summed E-state index contributed by atoms with van der Waals surface area (Å²) in [5.74, 6) is 0.217. The Balaban J connectivity index is 1.42. The summed E-state index contributed by atoms with van der Waals surface area (Å²) in [7, 11) is -3.75. The molecule has 2 heterocycles. The summed E-state index contributed by atoms with van der Waals surface area (Å²) in [5.41, 5.74) is 3.78. The van der Waals surface area contributed by atoms with Crippen molar-refractivity contribution in [2.45, 2.75) is 63.0 Å². The van der Waals surface area contributed by atoms with Crippen molar-refractivity contribution in [2.24, 2.45) is 5.14 Å². The van der Waals surface area contributed by atoms with Crippen molar-refractivity contribution >= 4 is 22.0 Å². The number of carbonyl (C=O) groups is 1. The molecule has 8 nitrogen and oxygen atoms in total. The molecule has 1 atom stereocenters. The lowest BCUT2D eigenvalue weighted by Crippen LogP contribution is -2.45. The molecule has 2 aliphatic carbocycles. The summed E-state index contributed by atoms with van der Waals surface area (Å²) in [6.45, 7) is 2.41. The van der Waals surface area contributed by atoms with Gasteiger partial charge in [0.25, 0.3) is 0 Å². The lowest BCUT2D eigenvalue weighted by atomic mass is 9.98. The van der Waals surface area contributed by atoms with Crippen LogP contribution in [0.1, 0.15) is 42.0 Å². The Morgan fingerprint density at radius 1 is 1.24 bits per heavy atom. The van der Waals surface area contributed by atoms with Crippen molar-refractivity contribution in [1.29, 1.82) is 0 Å². The van der Waals surface area contributed by atoms with Gasteiger partial charge < -0.3 is 10.1 Å². The van der Waals surface area contributed by atoms with E-state index in [2.05, 4.69) is 15.1 Å². The van der Waals surface area contributed by atoms with E-state index in [0.29, 0.717) is 42.1 Å². The summed E-state index contributed by atoms with van der Waals surface area (Å²) < 4.78 is 37.5. The maximum Gasteiger partial charge on any atom is 0.330 e. The Labute approximate surface area is 168 Å². The zero-order valence-electron chi connectivity index (χ0n) is 16.1. The van der Waals surface area contributed by atoms with Gasteiger partial charge in [0.2, 0.25) is 5.88 Å². The standard InChI is InChI=1S/C19H24FN5O3S/c1-10-9-25-18(28-10)15(8-22-25)29(21,27)24-19(26)23-17-13-6-2-4-11(13)16(20)12-5-3-7-14(12)17/h8,10,29H,2-7,9H2,1H3,(H4,21,23,24,26,27)/t10-/m1/s1. The highest BCUT2D eigenvalue weighted by atomic mass is 32.3. The lowest BCUT2D eigenvalue weighted by Gasteiger charge is -2.22. The fourth-order valence-corrected chi connectivity index (χ4v) is 5.86. The maximum atomic E-state index is 14.8. The van der Waals surface area contributed by atoms with Crippen LogP contribution >= 0.6 is 0 Å². The van der Waals surface area contributed by atoms with E-state index >= 15 is 0 Å². The van der Waals surface area contributed by atoms with Gasteiger partial charge in [-0.3, -0.25) is 9.86 Å². The number of aromatic nitrogens is 2. The summed E-state index contributed by atoms with van der Waals surface area (Å²) in [6.07, 6.45) is 5.79. The fraction of sp³-hybridized carbons (Fsp3) is 0.474. The molecule has 5 rings (SSSR count). The first-order valence-electron chi connectivity index (χ1n) is 9.91. The topological polar surface area (TPSA) is 111 Å². The van der Waals surface area contributed by atoms with Gasteiger partial charge in [-0.1, -0.05) is 0 Å². The third-order valence-electron chi connectivity index (χ3n) is 5.95. The number of nitrogens with two attached hydrogens (primary N) is 1.